The van der Waals surface area contributed by atoms with Crippen LogP contribution in [-0.4, -0.2) is 40.6 Å². The van der Waals surface area contributed by atoms with Crippen LogP contribution in [0.15, 0.2) is 54.9 Å². The minimum absolute atomic E-state index is 0.0153. The van der Waals surface area contributed by atoms with Gasteiger partial charge in [-0.1, -0.05) is 24.3 Å². The van der Waals surface area contributed by atoms with Crippen molar-refractivity contribution in [3.63, 3.8) is 0 Å². The Labute approximate surface area is 233 Å². The maximum absolute atomic E-state index is 14.0. The molecule has 3 aromatic rings. The number of nitrogens with zero attached hydrogens (tertiary/aromatic N) is 3. The average molecular weight is 530 g/mol. The molecule has 0 radical (unpaired) electrons. The summed E-state index contributed by atoms with van der Waals surface area (Å²) in [7, 11) is 1.73. The summed E-state index contributed by atoms with van der Waals surface area (Å²) in [6.07, 6.45) is 11.2. The maximum atomic E-state index is 14.0. The summed E-state index contributed by atoms with van der Waals surface area (Å²) in [6.45, 7) is 5.78. The molecule has 1 amide bonds. The van der Waals surface area contributed by atoms with Crippen LogP contribution in [0.5, 0.6) is 5.75 Å². The molecule has 0 saturated heterocycles. The summed E-state index contributed by atoms with van der Waals surface area (Å²) in [5, 5.41) is 14.5. The van der Waals surface area contributed by atoms with Crippen LogP contribution in [0.3, 0.4) is 0 Å². The number of ether oxygens (including phenoxy) is 1. The van der Waals surface area contributed by atoms with Crippen molar-refractivity contribution >= 4 is 11.6 Å². The number of anilines is 1. The fourth-order valence-electron chi connectivity index (χ4n) is 6.50. The van der Waals surface area contributed by atoms with E-state index in [9.17, 15) is 9.90 Å². The number of methoxy groups -OCH3 is 1. The predicted octanol–water partition coefficient (Wildman–Crippen LogP) is 6.75. The topological polar surface area (TPSA) is 67.6 Å². The second kappa shape index (κ2) is 12.4. The van der Waals surface area contributed by atoms with Gasteiger partial charge in [0.2, 0.25) is 5.91 Å². The molecule has 1 N–H and O–H groups in total. The highest BCUT2D eigenvalue weighted by molar-refractivity contribution is 5.95. The lowest BCUT2D eigenvalue weighted by molar-refractivity contribution is -0.124. The second-order valence-electron chi connectivity index (χ2n) is 11.5. The standard InChI is InChI=1S/C33H43N3O3/c1-4-35-22-29(20-34-35)27-6-5-7-30(19-27)36(33(38)26-12-15-31(37)16-13-26)21-24-8-10-25(11-9-24)28-14-17-32(39-3)23(2)18-28/h5-7,14,17-20,22,24-26,31,37H,4,8-13,15-16,21H2,1-3H3/t24-,25-,26-,31-. The van der Waals surface area contributed by atoms with Crippen molar-refractivity contribution in [2.75, 3.05) is 18.6 Å². The summed E-state index contributed by atoms with van der Waals surface area (Å²) >= 11 is 0. The normalized spacial score (nSPS) is 23.4. The average Bonchev–Trinajstić information content (AvgIpc) is 3.46. The predicted molar refractivity (Wildman–Crippen MR) is 156 cm³/mol. The van der Waals surface area contributed by atoms with Crippen molar-refractivity contribution in [1.29, 1.82) is 0 Å². The minimum atomic E-state index is -0.266. The summed E-state index contributed by atoms with van der Waals surface area (Å²) in [4.78, 5) is 16.0. The molecule has 6 nitrogen and oxygen atoms in total. The highest BCUT2D eigenvalue weighted by Gasteiger charge is 2.32. The van der Waals surface area contributed by atoms with Gasteiger partial charge >= 0.3 is 0 Å². The van der Waals surface area contributed by atoms with E-state index < -0.39 is 0 Å². The molecule has 6 heteroatoms. The SMILES string of the molecule is CCn1cc(-c2cccc(N(C[C@H]3CC[C@H](c4ccc(OC)c(C)c4)CC3)C(=O)[C@H]3CC[C@H](O)CC3)c2)cn1. The molecule has 2 aliphatic rings. The molecule has 39 heavy (non-hydrogen) atoms. The van der Waals surface area contributed by atoms with Crippen molar-refractivity contribution in [3.8, 4) is 16.9 Å². The first-order valence-electron chi connectivity index (χ1n) is 14.7. The highest BCUT2D eigenvalue weighted by atomic mass is 16.5. The van der Waals surface area contributed by atoms with Gasteiger partial charge < -0.3 is 14.7 Å². The van der Waals surface area contributed by atoms with Gasteiger partial charge in [-0.3, -0.25) is 9.48 Å². The Morgan fingerprint density at radius 3 is 2.46 bits per heavy atom. The molecule has 2 saturated carbocycles. The van der Waals surface area contributed by atoms with E-state index in [1.54, 1.807) is 7.11 Å². The Kier molecular flexibility index (Phi) is 8.71. The Morgan fingerprint density at radius 1 is 1.03 bits per heavy atom. The molecule has 0 atom stereocenters. The van der Waals surface area contributed by atoms with E-state index in [1.807, 2.05) is 10.9 Å². The molecule has 0 spiro atoms. The number of benzene rings is 2. The second-order valence-corrected chi connectivity index (χ2v) is 11.5. The monoisotopic (exact) mass is 529 g/mol. The number of aliphatic hydroxyl groups is 1. The third-order valence-electron chi connectivity index (χ3n) is 8.94. The fourth-order valence-corrected chi connectivity index (χ4v) is 6.50. The fraction of sp³-hybridized carbons (Fsp3) is 0.515. The first-order valence-corrected chi connectivity index (χ1v) is 14.7. The smallest absolute Gasteiger partial charge is 0.230 e. The van der Waals surface area contributed by atoms with E-state index in [0.29, 0.717) is 24.7 Å². The Morgan fingerprint density at radius 2 is 1.79 bits per heavy atom. The molecule has 5 rings (SSSR count). The molecule has 1 aromatic heterocycles. The van der Waals surface area contributed by atoms with Crippen LogP contribution in [0, 0.1) is 18.8 Å². The minimum Gasteiger partial charge on any atom is -0.496 e. The lowest BCUT2D eigenvalue weighted by atomic mass is 9.78. The molecule has 2 aromatic carbocycles. The van der Waals surface area contributed by atoms with Gasteiger partial charge in [-0.25, -0.2) is 0 Å². The first-order chi connectivity index (χ1) is 18.9. The number of carbonyl (C=O) groups is 1. The Hall–Kier alpha value is -3.12. The van der Waals surface area contributed by atoms with Crippen LogP contribution < -0.4 is 9.64 Å². The van der Waals surface area contributed by atoms with Gasteiger partial charge in [0, 0.05) is 36.5 Å². The van der Waals surface area contributed by atoms with Crippen molar-refractivity contribution in [1.82, 2.24) is 9.78 Å². The number of carbonyl (C=O) groups excluding carboxylic acids is 1. The molecule has 0 unspecified atom stereocenters. The third kappa shape index (κ3) is 6.38. The van der Waals surface area contributed by atoms with Crippen molar-refractivity contribution in [2.24, 2.45) is 11.8 Å². The number of hydrogen-bond donors (Lipinski definition) is 1. The number of aryl methyl sites for hydroxylation is 2. The van der Waals surface area contributed by atoms with Gasteiger partial charge in [0.25, 0.3) is 0 Å². The largest absolute Gasteiger partial charge is 0.496 e. The van der Waals surface area contributed by atoms with E-state index in [-0.39, 0.29) is 17.9 Å². The Bertz CT molecular complexity index is 1250. The molecule has 1 heterocycles. The summed E-state index contributed by atoms with van der Waals surface area (Å²) in [5.41, 5.74) is 5.72. The van der Waals surface area contributed by atoms with Gasteiger partial charge in [0.1, 0.15) is 5.75 Å². The summed E-state index contributed by atoms with van der Waals surface area (Å²) in [5.74, 6) is 2.19. The van der Waals surface area contributed by atoms with Crippen molar-refractivity contribution in [2.45, 2.75) is 83.8 Å². The van der Waals surface area contributed by atoms with Crippen LogP contribution >= 0.6 is 0 Å². The third-order valence-corrected chi connectivity index (χ3v) is 8.94. The lowest BCUT2D eigenvalue weighted by Crippen LogP contribution is -2.41. The van der Waals surface area contributed by atoms with Crippen LogP contribution in [-0.2, 0) is 11.3 Å². The van der Waals surface area contributed by atoms with Gasteiger partial charge in [0.05, 0.1) is 19.4 Å². The maximum Gasteiger partial charge on any atom is 0.230 e. The number of amides is 1. The molecule has 0 bridgehead atoms. The van der Waals surface area contributed by atoms with E-state index in [0.717, 1.165) is 74.2 Å². The molecule has 2 fully saturated rings. The van der Waals surface area contributed by atoms with E-state index >= 15 is 0 Å². The molecule has 208 valence electrons. The molecule has 2 aliphatic carbocycles. The zero-order chi connectivity index (χ0) is 27.4. The number of aliphatic hydroxyl groups excluding tert-OH is 1. The molecule has 0 aliphatic heterocycles. The van der Waals surface area contributed by atoms with Gasteiger partial charge in [-0.05, 0) is 112 Å². The quantitative estimate of drug-likeness (QED) is 0.351. The number of rotatable bonds is 8. The zero-order valence-electron chi connectivity index (χ0n) is 23.7. The number of hydrogen-bond acceptors (Lipinski definition) is 4. The van der Waals surface area contributed by atoms with Crippen LogP contribution in [0.25, 0.3) is 11.1 Å². The van der Waals surface area contributed by atoms with Gasteiger partial charge in [-0.2, -0.15) is 5.10 Å². The summed E-state index contributed by atoms with van der Waals surface area (Å²) in [6, 6.07) is 15.0. The molecular weight excluding hydrogens is 486 g/mol. The highest BCUT2D eigenvalue weighted by Crippen LogP contribution is 2.39. The van der Waals surface area contributed by atoms with Crippen LogP contribution in [0.1, 0.15) is 75.3 Å². The Balaban J connectivity index is 1.33. The zero-order valence-corrected chi connectivity index (χ0v) is 23.7. The van der Waals surface area contributed by atoms with Crippen LogP contribution in [0.4, 0.5) is 5.69 Å². The van der Waals surface area contributed by atoms with E-state index in [4.69, 9.17) is 4.74 Å². The van der Waals surface area contributed by atoms with Crippen molar-refractivity contribution in [3.05, 3.63) is 66.0 Å². The van der Waals surface area contributed by atoms with Gasteiger partial charge in [-0.15, -0.1) is 0 Å². The number of aromatic nitrogens is 2. The molecular formula is C33H43N3O3. The van der Waals surface area contributed by atoms with Gasteiger partial charge in [0.15, 0.2) is 0 Å². The van der Waals surface area contributed by atoms with Crippen LogP contribution in [0.2, 0.25) is 0 Å². The van der Waals surface area contributed by atoms with Crippen molar-refractivity contribution < 1.29 is 14.6 Å². The van der Waals surface area contributed by atoms with E-state index in [2.05, 4.69) is 72.5 Å². The lowest BCUT2D eigenvalue weighted by Gasteiger charge is -2.36. The first kappa shape index (κ1) is 27.4. The summed E-state index contributed by atoms with van der Waals surface area (Å²) < 4.78 is 7.39. The van der Waals surface area contributed by atoms with E-state index in [1.165, 1.54) is 11.1 Å².